The molecule has 2 rings (SSSR count). The number of rotatable bonds is 6. The highest BCUT2D eigenvalue weighted by Gasteiger charge is 2.25. The molecule has 1 aromatic rings. The van der Waals surface area contributed by atoms with Crippen molar-refractivity contribution in [3.05, 3.63) is 28.7 Å². The van der Waals surface area contributed by atoms with Crippen molar-refractivity contribution in [1.29, 1.82) is 0 Å². The van der Waals surface area contributed by atoms with E-state index < -0.39 is 0 Å². The second kappa shape index (κ2) is 5.57. The first-order valence-electron chi connectivity index (χ1n) is 6.76. The molecule has 0 bridgehead atoms. The smallest absolute Gasteiger partial charge is 0.250 e. The first kappa shape index (κ1) is 13.1. The van der Waals surface area contributed by atoms with E-state index in [0.717, 1.165) is 25.6 Å². The minimum absolute atomic E-state index is 0.0272. The van der Waals surface area contributed by atoms with Crippen molar-refractivity contribution < 1.29 is 0 Å². The summed E-state index contributed by atoms with van der Waals surface area (Å²) in [5.74, 6) is 0.880. The average Bonchev–Trinajstić information content (AvgIpc) is 3.12. The predicted molar refractivity (Wildman–Crippen MR) is 74.5 cm³/mol. The molecule has 1 aliphatic carbocycles. The second-order valence-corrected chi connectivity index (χ2v) is 5.53. The molecule has 2 N–H and O–H groups in total. The first-order chi connectivity index (χ1) is 8.56. The molecule has 0 aliphatic heterocycles. The van der Waals surface area contributed by atoms with Gasteiger partial charge in [-0.25, -0.2) is 0 Å². The van der Waals surface area contributed by atoms with Crippen LogP contribution in [0.3, 0.4) is 0 Å². The van der Waals surface area contributed by atoms with Gasteiger partial charge in [0.15, 0.2) is 0 Å². The molecule has 0 spiro atoms. The van der Waals surface area contributed by atoms with Gasteiger partial charge in [-0.15, -0.1) is 0 Å². The van der Waals surface area contributed by atoms with Crippen LogP contribution in [-0.4, -0.2) is 28.6 Å². The zero-order valence-corrected chi connectivity index (χ0v) is 11.3. The summed E-state index contributed by atoms with van der Waals surface area (Å²) in [6.07, 6.45) is 4.46. The molecule has 0 aromatic carbocycles. The Morgan fingerprint density at radius 3 is 2.78 bits per heavy atom. The summed E-state index contributed by atoms with van der Waals surface area (Å²) in [4.78, 5) is 14.1. The number of nitrogen functional groups attached to an aromatic ring is 1. The number of aromatic nitrogens is 1. The summed E-state index contributed by atoms with van der Waals surface area (Å²) < 4.78 is 1.71. The van der Waals surface area contributed by atoms with Crippen molar-refractivity contribution in [3.8, 4) is 0 Å². The summed E-state index contributed by atoms with van der Waals surface area (Å²) >= 11 is 0. The van der Waals surface area contributed by atoms with Crippen LogP contribution >= 0.6 is 0 Å². The topological polar surface area (TPSA) is 51.3 Å². The molecule has 4 heteroatoms. The van der Waals surface area contributed by atoms with E-state index in [9.17, 15) is 4.79 Å². The SMILES string of the molecule is CC(C)N(CCn1cc(N)ccc1=O)CC1CC1. The molecular formula is C14H23N3O. The van der Waals surface area contributed by atoms with Crippen molar-refractivity contribution in [2.24, 2.45) is 5.92 Å². The molecule has 0 atom stereocenters. The normalized spacial score (nSPS) is 15.6. The van der Waals surface area contributed by atoms with Crippen molar-refractivity contribution in [2.45, 2.75) is 39.3 Å². The minimum atomic E-state index is 0.0272. The zero-order chi connectivity index (χ0) is 13.1. The summed E-state index contributed by atoms with van der Waals surface area (Å²) in [5, 5.41) is 0. The molecule has 1 saturated carbocycles. The third-order valence-corrected chi connectivity index (χ3v) is 3.55. The fraction of sp³-hybridized carbons (Fsp3) is 0.643. The van der Waals surface area contributed by atoms with Crippen LogP contribution in [0.4, 0.5) is 5.69 Å². The maximum atomic E-state index is 11.7. The van der Waals surface area contributed by atoms with Crippen LogP contribution < -0.4 is 11.3 Å². The summed E-state index contributed by atoms with van der Waals surface area (Å²) in [7, 11) is 0. The highest BCUT2D eigenvalue weighted by atomic mass is 16.1. The van der Waals surface area contributed by atoms with Gasteiger partial charge in [0.2, 0.25) is 0 Å². The van der Waals surface area contributed by atoms with Crippen molar-refractivity contribution in [1.82, 2.24) is 9.47 Å². The Labute approximate surface area is 108 Å². The van der Waals surface area contributed by atoms with E-state index in [1.807, 2.05) is 0 Å². The highest BCUT2D eigenvalue weighted by molar-refractivity contribution is 5.33. The number of hydrogen-bond acceptors (Lipinski definition) is 3. The number of nitrogens with two attached hydrogens (primary N) is 1. The number of hydrogen-bond donors (Lipinski definition) is 1. The van der Waals surface area contributed by atoms with E-state index in [0.29, 0.717) is 11.7 Å². The number of nitrogens with zero attached hydrogens (tertiary/aromatic N) is 2. The van der Waals surface area contributed by atoms with Gasteiger partial charge < -0.3 is 10.3 Å². The minimum Gasteiger partial charge on any atom is -0.398 e. The summed E-state index contributed by atoms with van der Waals surface area (Å²) in [6, 6.07) is 3.72. The van der Waals surface area contributed by atoms with Gasteiger partial charge in [0, 0.05) is 43.6 Å². The number of pyridine rings is 1. The van der Waals surface area contributed by atoms with Crippen LogP contribution in [-0.2, 0) is 6.54 Å². The molecule has 0 unspecified atom stereocenters. The lowest BCUT2D eigenvalue weighted by molar-refractivity contribution is 0.204. The van der Waals surface area contributed by atoms with Gasteiger partial charge in [0.1, 0.15) is 0 Å². The fourth-order valence-electron chi connectivity index (χ4n) is 2.15. The van der Waals surface area contributed by atoms with Crippen LogP contribution in [0.1, 0.15) is 26.7 Å². The summed E-state index contributed by atoms with van der Waals surface area (Å²) in [5.41, 5.74) is 6.38. The van der Waals surface area contributed by atoms with Gasteiger partial charge in [-0.05, 0) is 38.7 Å². The maximum absolute atomic E-state index is 11.7. The van der Waals surface area contributed by atoms with Gasteiger partial charge in [0.05, 0.1) is 0 Å². The molecule has 1 fully saturated rings. The van der Waals surface area contributed by atoms with E-state index in [4.69, 9.17) is 5.73 Å². The predicted octanol–water partition coefficient (Wildman–Crippen LogP) is 1.55. The van der Waals surface area contributed by atoms with E-state index >= 15 is 0 Å². The zero-order valence-electron chi connectivity index (χ0n) is 11.3. The lowest BCUT2D eigenvalue weighted by atomic mass is 10.2. The molecule has 1 heterocycles. The lowest BCUT2D eigenvalue weighted by Gasteiger charge is -2.26. The third kappa shape index (κ3) is 3.60. The first-order valence-corrected chi connectivity index (χ1v) is 6.76. The molecule has 18 heavy (non-hydrogen) atoms. The van der Waals surface area contributed by atoms with Crippen molar-refractivity contribution in [2.75, 3.05) is 18.8 Å². The third-order valence-electron chi connectivity index (χ3n) is 3.55. The van der Waals surface area contributed by atoms with Crippen molar-refractivity contribution in [3.63, 3.8) is 0 Å². The highest BCUT2D eigenvalue weighted by Crippen LogP contribution is 2.30. The summed E-state index contributed by atoms with van der Waals surface area (Å²) in [6.45, 7) is 7.22. The Hall–Kier alpha value is -1.29. The Balaban J connectivity index is 1.95. The van der Waals surface area contributed by atoms with E-state index in [1.54, 1.807) is 16.8 Å². The Morgan fingerprint density at radius 1 is 1.44 bits per heavy atom. The molecule has 1 aromatic heterocycles. The lowest BCUT2D eigenvalue weighted by Crippen LogP contribution is -2.37. The molecule has 4 nitrogen and oxygen atoms in total. The Kier molecular flexibility index (Phi) is 4.07. The molecule has 1 aliphatic rings. The van der Waals surface area contributed by atoms with Crippen LogP contribution in [0.25, 0.3) is 0 Å². The van der Waals surface area contributed by atoms with Gasteiger partial charge in [-0.3, -0.25) is 9.69 Å². The maximum Gasteiger partial charge on any atom is 0.250 e. The van der Waals surface area contributed by atoms with E-state index in [1.165, 1.54) is 18.9 Å². The number of anilines is 1. The largest absolute Gasteiger partial charge is 0.398 e. The quantitative estimate of drug-likeness (QED) is 0.832. The molecule has 100 valence electrons. The molecule has 0 radical (unpaired) electrons. The van der Waals surface area contributed by atoms with Gasteiger partial charge in [-0.2, -0.15) is 0 Å². The Bertz CT molecular complexity index is 449. The fourth-order valence-corrected chi connectivity index (χ4v) is 2.15. The van der Waals surface area contributed by atoms with Crippen molar-refractivity contribution >= 4 is 5.69 Å². The van der Waals surface area contributed by atoms with Crippen LogP contribution in [0, 0.1) is 5.92 Å². The van der Waals surface area contributed by atoms with Crippen LogP contribution in [0.5, 0.6) is 0 Å². The van der Waals surface area contributed by atoms with Crippen LogP contribution in [0.2, 0.25) is 0 Å². The van der Waals surface area contributed by atoms with Gasteiger partial charge >= 0.3 is 0 Å². The van der Waals surface area contributed by atoms with E-state index in [2.05, 4.69) is 18.7 Å². The van der Waals surface area contributed by atoms with Gasteiger partial charge in [-0.1, -0.05) is 0 Å². The monoisotopic (exact) mass is 249 g/mol. The van der Waals surface area contributed by atoms with E-state index in [-0.39, 0.29) is 5.56 Å². The molecule has 0 saturated heterocycles. The molecule has 0 amide bonds. The molecular weight excluding hydrogens is 226 g/mol. The Morgan fingerprint density at radius 2 is 2.17 bits per heavy atom. The standard InChI is InChI=1S/C14H23N3O/c1-11(2)16(9-12-3-4-12)7-8-17-10-13(15)5-6-14(17)18/h5-6,10-12H,3-4,7-9,15H2,1-2H3. The van der Waals surface area contributed by atoms with Gasteiger partial charge in [0.25, 0.3) is 5.56 Å². The second-order valence-electron chi connectivity index (χ2n) is 5.53. The van der Waals surface area contributed by atoms with Crippen LogP contribution in [0.15, 0.2) is 23.1 Å². The average molecular weight is 249 g/mol.